The van der Waals surface area contributed by atoms with Crippen LogP contribution in [0.3, 0.4) is 0 Å². The van der Waals surface area contributed by atoms with Crippen LogP contribution >= 0.6 is 0 Å². The topological polar surface area (TPSA) is 52.6 Å². The molecule has 4 heteroatoms. The van der Waals surface area contributed by atoms with Crippen LogP contribution in [0.4, 0.5) is 4.79 Å². The molecule has 0 spiro atoms. The Morgan fingerprint density at radius 1 is 1.50 bits per heavy atom. The van der Waals surface area contributed by atoms with Crippen LogP contribution in [0.15, 0.2) is 0 Å². The predicted molar refractivity (Wildman–Crippen MR) is 55.5 cm³/mol. The zero-order valence-corrected chi connectivity index (χ0v) is 8.83. The van der Waals surface area contributed by atoms with E-state index in [2.05, 4.69) is 5.32 Å². The van der Waals surface area contributed by atoms with Crippen molar-refractivity contribution < 1.29 is 9.90 Å². The van der Waals surface area contributed by atoms with E-state index < -0.39 is 6.09 Å². The summed E-state index contributed by atoms with van der Waals surface area (Å²) >= 11 is 0. The van der Waals surface area contributed by atoms with Gasteiger partial charge < -0.3 is 15.3 Å². The van der Waals surface area contributed by atoms with E-state index in [1.807, 2.05) is 7.05 Å². The number of rotatable bonds is 4. The van der Waals surface area contributed by atoms with Crippen LogP contribution in [0.2, 0.25) is 0 Å². The molecule has 0 aromatic rings. The van der Waals surface area contributed by atoms with Crippen molar-refractivity contribution in [2.45, 2.75) is 25.7 Å². The summed E-state index contributed by atoms with van der Waals surface area (Å²) in [4.78, 5) is 12.2. The molecule has 4 nitrogen and oxygen atoms in total. The summed E-state index contributed by atoms with van der Waals surface area (Å²) in [5, 5.41) is 11.9. The van der Waals surface area contributed by atoms with Crippen LogP contribution < -0.4 is 5.32 Å². The third-order valence-electron chi connectivity index (χ3n) is 2.92. The highest BCUT2D eigenvalue weighted by atomic mass is 16.4. The second-order valence-corrected chi connectivity index (χ2v) is 3.96. The first kappa shape index (κ1) is 11.3. The Kier molecular flexibility index (Phi) is 4.73. The molecule has 0 aromatic heterocycles. The van der Waals surface area contributed by atoms with Gasteiger partial charge in [0.1, 0.15) is 0 Å². The van der Waals surface area contributed by atoms with Crippen LogP contribution in [0.25, 0.3) is 0 Å². The van der Waals surface area contributed by atoms with Crippen LogP contribution in [-0.2, 0) is 0 Å². The SMILES string of the molecule is CNCCCC1CCN(C(=O)O)CC1. The maximum atomic E-state index is 10.6. The smallest absolute Gasteiger partial charge is 0.407 e. The molecule has 1 amide bonds. The standard InChI is InChI=1S/C10H20N2O2/c1-11-6-2-3-9-4-7-12(8-5-9)10(13)14/h9,11H,2-8H2,1H3,(H,13,14). The molecule has 0 bridgehead atoms. The van der Waals surface area contributed by atoms with Crippen molar-refractivity contribution in [3.8, 4) is 0 Å². The van der Waals surface area contributed by atoms with Crippen molar-refractivity contribution in [3.63, 3.8) is 0 Å². The molecular formula is C10H20N2O2. The van der Waals surface area contributed by atoms with Crippen LogP contribution in [0.5, 0.6) is 0 Å². The molecule has 0 aliphatic carbocycles. The van der Waals surface area contributed by atoms with Gasteiger partial charge in [-0.3, -0.25) is 0 Å². The molecule has 1 rings (SSSR count). The van der Waals surface area contributed by atoms with E-state index >= 15 is 0 Å². The molecule has 0 saturated carbocycles. The van der Waals surface area contributed by atoms with E-state index in [0.717, 1.165) is 38.4 Å². The number of nitrogens with one attached hydrogen (secondary N) is 1. The van der Waals surface area contributed by atoms with Gasteiger partial charge in [0.05, 0.1) is 0 Å². The minimum Gasteiger partial charge on any atom is -0.465 e. The van der Waals surface area contributed by atoms with Gasteiger partial charge in [-0.1, -0.05) is 0 Å². The summed E-state index contributed by atoms with van der Waals surface area (Å²) in [5.74, 6) is 0.735. The summed E-state index contributed by atoms with van der Waals surface area (Å²) in [7, 11) is 1.97. The lowest BCUT2D eigenvalue weighted by molar-refractivity contribution is 0.123. The maximum absolute atomic E-state index is 10.6. The Balaban J connectivity index is 2.12. The first-order valence-electron chi connectivity index (χ1n) is 5.36. The van der Waals surface area contributed by atoms with E-state index in [4.69, 9.17) is 5.11 Å². The predicted octanol–water partition coefficient (Wildman–Crippen LogP) is 1.38. The Morgan fingerprint density at radius 3 is 2.64 bits per heavy atom. The Labute approximate surface area is 85.3 Å². The molecule has 1 heterocycles. The average Bonchev–Trinajstić information content (AvgIpc) is 2.19. The van der Waals surface area contributed by atoms with Gasteiger partial charge in [-0.25, -0.2) is 4.79 Å². The summed E-state index contributed by atoms with van der Waals surface area (Å²) in [6.45, 7) is 2.51. The fourth-order valence-corrected chi connectivity index (χ4v) is 1.98. The molecule has 1 aliphatic heterocycles. The van der Waals surface area contributed by atoms with Gasteiger partial charge in [-0.05, 0) is 45.2 Å². The lowest BCUT2D eigenvalue weighted by Crippen LogP contribution is -2.37. The number of hydrogen-bond donors (Lipinski definition) is 2. The number of likely N-dealkylation sites (tertiary alicyclic amines) is 1. The van der Waals surface area contributed by atoms with Gasteiger partial charge in [0.25, 0.3) is 0 Å². The zero-order valence-electron chi connectivity index (χ0n) is 8.83. The van der Waals surface area contributed by atoms with Gasteiger partial charge in [-0.15, -0.1) is 0 Å². The largest absolute Gasteiger partial charge is 0.465 e. The van der Waals surface area contributed by atoms with Crippen molar-refractivity contribution in [2.75, 3.05) is 26.7 Å². The normalized spacial score (nSPS) is 18.5. The Bertz CT molecular complexity index is 177. The maximum Gasteiger partial charge on any atom is 0.407 e. The summed E-state index contributed by atoms with van der Waals surface area (Å²) < 4.78 is 0. The van der Waals surface area contributed by atoms with Gasteiger partial charge in [0.2, 0.25) is 0 Å². The Hall–Kier alpha value is -0.770. The van der Waals surface area contributed by atoms with Gasteiger partial charge in [0.15, 0.2) is 0 Å². The van der Waals surface area contributed by atoms with Crippen molar-refractivity contribution in [3.05, 3.63) is 0 Å². The molecular weight excluding hydrogens is 180 g/mol. The monoisotopic (exact) mass is 200 g/mol. The van der Waals surface area contributed by atoms with Gasteiger partial charge in [-0.2, -0.15) is 0 Å². The lowest BCUT2D eigenvalue weighted by atomic mass is 9.92. The van der Waals surface area contributed by atoms with E-state index in [0.29, 0.717) is 0 Å². The molecule has 0 unspecified atom stereocenters. The molecule has 1 saturated heterocycles. The third kappa shape index (κ3) is 3.54. The molecule has 2 N–H and O–H groups in total. The molecule has 1 aliphatic rings. The number of carbonyl (C=O) groups is 1. The molecule has 0 radical (unpaired) electrons. The molecule has 1 fully saturated rings. The molecule has 82 valence electrons. The molecule has 0 atom stereocenters. The highest BCUT2D eigenvalue weighted by Gasteiger charge is 2.21. The van der Waals surface area contributed by atoms with Crippen molar-refractivity contribution in [1.82, 2.24) is 10.2 Å². The van der Waals surface area contributed by atoms with Crippen LogP contribution in [0, 0.1) is 5.92 Å². The first-order chi connectivity index (χ1) is 6.74. The lowest BCUT2D eigenvalue weighted by Gasteiger charge is -2.29. The molecule has 14 heavy (non-hydrogen) atoms. The Morgan fingerprint density at radius 2 is 2.14 bits per heavy atom. The van der Waals surface area contributed by atoms with Gasteiger partial charge in [0, 0.05) is 13.1 Å². The number of piperidine rings is 1. The summed E-state index contributed by atoms with van der Waals surface area (Å²) in [5.41, 5.74) is 0. The summed E-state index contributed by atoms with van der Waals surface area (Å²) in [6.07, 6.45) is 3.74. The number of nitrogens with zero attached hydrogens (tertiary/aromatic N) is 1. The second-order valence-electron chi connectivity index (χ2n) is 3.96. The van der Waals surface area contributed by atoms with Crippen LogP contribution in [-0.4, -0.2) is 42.8 Å². The number of amides is 1. The number of hydrogen-bond acceptors (Lipinski definition) is 2. The minimum atomic E-state index is -0.765. The molecule has 0 aromatic carbocycles. The highest BCUT2D eigenvalue weighted by Crippen LogP contribution is 2.21. The van der Waals surface area contributed by atoms with Crippen LogP contribution in [0.1, 0.15) is 25.7 Å². The van der Waals surface area contributed by atoms with Gasteiger partial charge >= 0.3 is 6.09 Å². The van der Waals surface area contributed by atoms with Crippen molar-refractivity contribution in [2.24, 2.45) is 5.92 Å². The van der Waals surface area contributed by atoms with E-state index in [9.17, 15) is 4.79 Å². The average molecular weight is 200 g/mol. The number of carboxylic acid groups (broad SMARTS) is 1. The third-order valence-corrected chi connectivity index (χ3v) is 2.92. The van der Waals surface area contributed by atoms with E-state index in [1.54, 1.807) is 0 Å². The fourth-order valence-electron chi connectivity index (χ4n) is 1.98. The van der Waals surface area contributed by atoms with Crippen molar-refractivity contribution in [1.29, 1.82) is 0 Å². The fraction of sp³-hybridized carbons (Fsp3) is 0.900. The van der Waals surface area contributed by atoms with E-state index in [1.165, 1.54) is 17.7 Å². The van der Waals surface area contributed by atoms with E-state index in [-0.39, 0.29) is 0 Å². The zero-order chi connectivity index (χ0) is 10.4. The first-order valence-corrected chi connectivity index (χ1v) is 5.36. The quantitative estimate of drug-likeness (QED) is 0.674. The summed E-state index contributed by atoms with van der Waals surface area (Å²) in [6, 6.07) is 0. The minimum absolute atomic E-state index is 0.722. The highest BCUT2D eigenvalue weighted by molar-refractivity contribution is 5.64. The van der Waals surface area contributed by atoms with Crippen molar-refractivity contribution >= 4 is 6.09 Å². The second kappa shape index (κ2) is 5.86.